The highest BCUT2D eigenvalue weighted by Gasteiger charge is 2.32. The molecule has 0 amide bonds. The van der Waals surface area contributed by atoms with E-state index in [0.717, 1.165) is 29.5 Å². The molecule has 4 rings (SSSR count). The fourth-order valence-electron chi connectivity index (χ4n) is 2.87. The Labute approximate surface area is 161 Å². The predicted octanol–water partition coefficient (Wildman–Crippen LogP) is 5.16. The second-order valence-electron chi connectivity index (χ2n) is 6.42. The molecule has 0 spiro atoms. The molecule has 1 aliphatic carbocycles. The monoisotopic (exact) mass is 383 g/mol. The summed E-state index contributed by atoms with van der Waals surface area (Å²) in [6.07, 6.45) is 2.29. The third kappa shape index (κ3) is 3.55. The molecule has 0 aliphatic heterocycles. The van der Waals surface area contributed by atoms with E-state index in [9.17, 15) is 4.79 Å². The number of Topliss-reactive ketones (excluding diaryl/α,β-unsaturated/α-hetero) is 1. The van der Waals surface area contributed by atoms with Crippen LogP contribution in [0.4, 0.5) is 0 Å². The van der Waals surface area contributed by atoms with E-state index in [2.05, 4.69) is 14.8 Å². The molecule has 1 atom stereocenters. The minimum absolute atomic E-state index is 0.0353. The standard InChI is InChI=1S/C20H18ClN3OS/c1-13(18(25)15-6-5-7-16(21)12-15)26-20-23-22-19(14-10-11-14)24(20)17-8-3-2-4-9-17/h2-9,12-14H,10-11H2,1H3/t13-/m0/s1. The van der Waals surface area contributed by atoms with Gasteiger partial charge in [-0.15, -0.1) is 10.2 Å². The summed E-state index contributed by atoms with van der Waals surface area (Å²) in [5.41, 5.74) is 1.65. The van der Waals surface area contributed by atoms with Crippen LogP contribution in [0.5, 0.6) is 0 Å². The van der Waals surface area contributed by atoms with Crippen molar-refractivity contribution < 1.29 is 4.79 Å². The van der Waals surface area contributed by atoms with Gasteiger partial charge in [0.1, 0.15) is 5.82 Å². The second kappa shape index (κ2) is 7.25. The molecular weight excluding hydrogens is 366 g/mol. The third-order valence-electron chi connectivity index (χ3n) is 4.38. The van der Waals surface area contributed by atoms with E-state index < -0.39 is 0 Å². The van der Waals surface area contributed by atoms with Gasteiger partial charge in [0.2, 0.25) is 0 Å². The van der Waals surface area contributed by atoms with Gasteiger partial charge in [-0.3, -0.25) is 9.36 Å². The van der Waals surface area contributed by atoms with Crippen LogP contribution in [-0.4, -0.2) is 25.8 Å². The fourth-order valence-corrected chi connectivity index (χ4v) is 4.01. The van der Waals surface area contributed by atoms with Gasteiger partial charge in [0, 0.05) is 22.2 Å². The van der Waals surface area contributed by atoms with Crippen molar-refractivity contribution in [2.24, 2.45) is 0 Å². The van der Waals surface area contributed by atoms with Crippen LogP contribution in [0.1, 0.15) is 41.9 Å². The molecule has 0 bridgehead atoms. The number of halogens is 1. The predicted molar refractivity (Wildman–Crippen MR) is 104 cm³/mol. The van der Waals surface area contributed by atoms with Crippen LogP contribution in [0.25, 0.3) is 5.69 Å². The van der Waals surface area contributed by atoms with E-state index in [1.807, 2.05) is 37.3 Å². The number of aromatic nitrogens is 3. The van der Waals surface area contributed by atoms with Crippen molar-refractivity contribution in [2.45, 2.75) is 36.1 Å². The van der Waals surface area contributed by atoms with Gasteiger partial charge in [0.05, 0.1) is 5.25 Å². The van der Waals surface area contributed by atoms with Crippen LogP contribution in [0.15, 0.2) is 59.8 Å². The molecular formula is C20H18ClN3OS. The van der Waals surface area contributed by atoms with Gasteiger partial charge in [-0.25, -0.2) is 0 Å². The first-order valence-electron chi connectivity index (χ1n) is 8.60. The van der Waals surface area contributed by atoms with Crippen molar-refractivity contribution in [3.8, 4) is 5.69 Å². The lowest BCUT2D eigenvalue weighted by Gasteiger charge is -2.13. The molecule has 0 unspecified atom stereocenters. The second-order valence-corrected chi connectivity index (χ2v) is 8.17. The zero-order valence-electron chi connectivity index (χ0n) is 14.3. The van der Waals surface area contributed by atoms with E-state index in [1.54, 1.807) is 24.3 Å². The maximum Gasteiger partial charge on any atom is 0.196 e. The lowest BCUT2D eigenvalue weighted by atomic mass is 10.1. The zero-order chi connectivity index (χ0) is 18.1. The first-order valence-corrected chi connectivity index (χ1v) is 9.86. The van der Waals surface area contributed by atoms with Crippen LogP contribution >= 0.6 is 23.4 Å². The number of benzene rings is 2. The first-order chi connectivity index (χ1) is 12.6. The number of hydrogen-bond donors (Lipinski definition) is 0. The van der Waals surface area contributed by atoms with Gasteiger partial charge in [-0.05, 0) is 44.0 Å². The summed E-state index contributed by atoms with van der Waals surface area (Å²) in [4.78, 5) is 12.8. The Bertz CT molecular complexity index is 937. The molecule has 3 aromatic rings. The number of carbonyl (C=O) groups is 1. The summed E-state index contributed by atoms with van der Waals surface area (Å²) in [5, 5.41) is 9.83. The Morgan fingerprint density at radius 2 is 1.92 bits per heavy atom. The number of rotatable bonds is 6. The van der Waals surface area contributed by atoms with Crippen molar-refractivity contribution >= 4 is 29.1 Å². The molecule has 1 heterocycles. The number of nitrogens with zero attached hydrogens (tertiary/aromatic N) is 3. The van der Waals surface area contributed by atoms with Gasteiger partial charge >= 0.3 is 0 Å². The Hall–Kier alpha value is -2.11. The average molecular weight is 384 g/mol. The molecule has 4 nitrogen and oxygen atoms in total. The SMILES string of the molecule is C[C@H](Sc1nnc(C2CC2)n1-c1ccccc1)C(=O)c1cccc(Cl)c1. The average Bonchev–Trinajstić information content (AvgIpc) is 3.42. The van der Waals surface area contributed by atoms with Gasteiger partial charge in [-0.1, -0.05) is 53.7 Å². The van der Waals surface area contributed by atoms with E-state index in [0.29, 0.717) is 16.5 Å². The number of thioether (sulfide) groups is 1. The van der Waals surface area contributed by atoms with Crippen molar-refractivity contribution in [1.29, 1.82) is 0 Å². The summed E-state index contributed by atoms with van der Waals surface area (Å²) in [5.74, 6) is 1.49. The van der Waals surface area contributed by atoms with E-state index in [1.165, 1.54) is 11.8 Å². The molecule has 1 fully saturated rings. The summed E-state index contributed by atoms with van der Waals surface area (Å²) >= 11 is 7.46. The summed E-state index contributed by atoms with van der Waals surface area (Å²) in [6.45, 7) is 1.90. The number of para-hydroxylation sites is 1. The minimum atomic E-state index is -0.285. The molecule has 1 aromatic heterocycles. The number of hydrogen-bond acceptors (Lipinski definition) is 4. The molecule has 0 radical (unpaired) electrons. The Kier molecular flexibility index (Phi) is 4.83. The summed E-state index contributed by atoms with van der Waals surface area (Å²) < 4.78 is 2.09. The van der Waals surface area contributed by atoms with Crippen LogP contribution in [0.2, 0.25) is 5.02 Å². The van der Waals surface area contributed by atoms with Crippen LogP contribution in [0, 0.1) is 0 Å². The molecule has 1 aliphatic rings. The maximum absolute atomic E-state index is 12.8. The van der Waals surface area contributed by atoms with Gasteiger partial charge < -0.3 is 0 Å². The van der Waals surface area contributed by atoms with Gasteiger partial charge in [0.15, 0.2) is 10.9 Å². The van der Waals surface area contributed by atoms with Crippen molar-refractivity contribution in [2.75, 3.05) is 0 Å². The fraction of sp³-hybridized carbons (Fsp3) is 0.250. The Balaban J connectivity index is 1.63. The highest BCUT2D eigenvalue weighted by Crippen LogP contribution is 2.41. The lowest BCUT2D eigenvalue weighted by Crippen LogP contribution is -2.14. The zero-order valence-corrected chi connectivity index (χ0v) is 15.9. The summed E-state index contributed by atoms with van der Waals surface area (Å²) in [7, 11) is 0. The number of carbonyl (C=O) groups excluding carboxylic acids is 1. The molecule has 0 saturated heterocycles. The smallest absolute Gasteiger partial charge is 0.196 e. The molecule has 1 saturated carbocycles. The topological polar surface area (TPSA) is 47.8 Å². The third-order valence-corrected chi connectivity index (χ3v) is 5.65. The Morgan fingerprint density at radius 1 is 1.15 bits per heavy atom. The van der Waals surface area contributed by atoms with E-state index in [-0.39, 0.29) is 11.0 Å². The highest BCUT2D eigenvalue weighted by atomic mass is 35.5. The van der Waals surface area contributed by atoms with Crippen LogP contribution in [-0.2, 0) is 0 Å². The lowest BCUT2D eigenvalue weighted by molar-refractivity contribution is 0.0994. The maximum atomic E-state index is 12.8. The van der Waals surface area contributed by atoms with Gasteiger partial charge in [-0.2, -0.15) is 0 Å². The summed E-state index contributed by atoms with van der Waals surface area (Å²) in [6, 6.07) is 17.1. The van der Waals surface area contributed by atoms with Crippen LogP contribution < -0.4 is 0 Å². The molecule has 26 heavy (non-hydrogen) atoms. The highest BCUT2D eigenvalue weighted by molar-refractivity contribution is 8.00. The molecule has 132 valence electrons. The normalized spacial score (nSPS) is 15.0. The largest absolute Gasteiger partial charge is 0.293 e. The van der Waals surface area contributed by atoms with Crippen molar-refractivity contribution in [1.82, 2.24) is 14.8 Å². The quantitative estimate of drug-likeness (QED) is 0.435. The molecule has 6 heteroatoms. The van der Waals surface area contributed by atoms with Crippen molar-refractivity contribution in [3.63, 3.8) is 0 Å². The Morgan fingerprint density at radius 3 is 2.62 bits per heavy atom. The van der Waals surface area contributed by atoms with Crippen LogP contribution in [0.3, 0.4) is 0 Å². The number of ketones is 1. The molecule has 2 aromatic carbocycles. The first kappa shape index (κ1) is 17.3. The van der Waals surface area contributed by atoms with E-state index in [4.69, 9.17) is 11.6 Å². The van der Waals surface area contributed by atoms with Crippen molar-refractivity contribution in [3.05, 3.63) is 71.0 Å². The minimum Gasteiger partial charge on any atom is -0.293 e. The molecule has 0 N–H and O–H groups in total. The van der Waals surface area contributed by atoms with Gasteiger partial charge in [0.25, 0.3) is 0 Å². The van der Waals surface area contributed by atoms with E-state index >= 15 is 0 Å².